The molecule has 1 atom stereocenters. The van der Waals surface area contributed by atoms with E-state index in [2.05, 4.69) is 0 Å². The predicted molar refractivity (Wildman–Crippen MR) is 115 cm³/mol. The van der Waals surface area contributed by atoms with Gasteiger partial charge in [-0.3, -0.25) is 0 Å². The van der Waals surface area contributed by atoms with E-state index in [1.165, 1.54) is 12.1 Å². The summed E-state index contributed by atoms with van der Waals surface area (Å²) in [5.74, 6) is 0. The van der Waals surface area contributed by atoms with Crippen LogP contribution in [0, 0.1) is 0 Å². The van der Waals surface area contributed by atoms with Crippen LogP contribution in [0.15, 0.2) is 29.2 Å². The van der Waals surface area contributed by atoms with Crippen molar-refractivity contribution in [1.29, 1.82) is 0 Å². The summed E-state index contributed by atoms with van der Waals surface area (Å²) >= 11 is 0. The quantitative estimate of drug-likeness (QED) is 0.534. The van der Waals surface area contributed by atoms with Crippen molar-refractivity contribution in [3.05, 3.63) is 29.8 Å². The molecule has 0 spiro atoms. The first-order valence-electron chi connectivity index (χ1n) is 9.41. The lowest BCUT2D eigenvalue weighted by Crippen LogP contribution is -2.30. The second-order valence-corrected chi connectivity index (χ2v) is 7.60. The third-order valence-corrected chi connectivity index (χ3v) is 4.68. The average Bonchev–Trinajstić information content (AvgIpc) is 2.73. The van der Waals surface area contributed by atoms with Gasteiger partial charge in [-0.15, -0.1) is 12.4 Å². The van der Waals surface area contributed by atoms with Gasteiger partial charge in [-0.1, -0.05) is 12.1 Å². The topological polar surface area (TPSA) is 158 Å². The van der Waals surface area contributed by atoms with E-state index in [0.29, 0.717) is 72.6 Å². The molecular formula is C18H34ClN3O7S. The molecule has 0 radical (unpaired) electrons. The summed E-state index contributed by atoms with van der Waals surface area (Å²) in [6, 6.07) is 6.16. The van der Waals surface area contributed by atoms with Crippen molar-refractivity contribution in [2.45, 2.75) is 17.5 Å². The van der Waals surface area contributed by atoms with Crippen LogP contribution in [0.4, 0.5) is 0 Å². The maximum Gasteiger partial charge on any atom is 0.238 e. The number of ether oxygens (including phenoxy) is 5. The Balaban J connectivity index is 0.000000573. The van der Waals surface area contributed by atoms with Crippen LogP contribution < -0.4 is 16.6 Å². The summed E-state index contributed by atoms with van der Waals surface area (Å²) in [7, 11) is -3.57. The molecule has 1 aromatic carbocycles. The third-order valence-electron chi connectivity index (χ3n) is 3.75. The molecule has 1 saturated heterocycles. The number of hydrogen-bond acceptors (Lipinski definition) is 9. The number of sulfonamides is 1. The molecule has 12 heteroatoms. The second kappa shape index (κ2) is 17.8. The molecule has 1 aromatic rings. The van der Waals surface area contributed by atoms with Crippen molar-refractivity contribution >= 4 is 22.4 Å². The molecule has 1 aliphatic rings. The van der Waals surface area contributed by atoms with Gasteiger partial charge < -0.3 is 35.2 Å². The van der Waals surface area contributed by atoms with Crippen LogP contribution in [0.25, 0.3) is 0 Å². The summed E-state index contributed by atoms with van der Waals surface area (Å²) in [4.78, 5) is 0.111. The van der Waals surface area contributed by atoms with E-state index in [9.17, 15) is 8.42 Å². The van der Waals surface area contributed by atoms with Crippen LogP contribution >= 0.6 is 12.4 Å². The number of nitrogens with two attached hydrogens (primary N) is 3. The molecule has 1 unspecified atom stereocenters. The summed E-state index contributed by atoms with van der Waals surface area (Å²) in [6.45, 7) is 5.87. The summed E-state index contributed by atoms with van der Waals surface area (Å²) in [5, 5.41) is 4.89. The van der Waals surface area contributed by atoms with Crippen LogP contribution in [-0.4, -0.2) is 80.5 Å². The lowest BCUT2D eigenvalue weighted by Gasteiger charge is -2.16. The molecule has 1 fully saturated rings. The molecule has 10 nitrogen and oxygen atoms in total. The van der Waals surface area contributed by atoms with Crippen molar-refractivity contribution in [2.24, 2.45) is 16.6 Å². The molecule has 0 aromatic heterocycles. The normalized spacial score (nSPS) is 19.9. The van der Waals surface area contributed by atoms with Crippen molar-refractivity contribution in [3.63, 3.8) is 0 Å². The minimum Gasteiger partial charge on any atom is -0.377 e. The molecule has 0 aliphatic carbocycles. The van der Waals surface area contributed by atoms with Gasteiger partial charge in [0.05, 0.1) is 70.5 Å². The lowest BCUT2D eigenvalue weighted by atomic mass is 10.2. The van der Waals surface area contributed by atoms with E-state index in [-0.39, 0.29) is 23.4 Å². The predicted octanol–water partition coefficient (Wildman–Crippen LogP) is -0.375. The van der Waals surface area contributed by atoms with Gasteiger partial charge in [-0.2, -0.15) is 0 Å². The zero-order valence-electron chi connectivity index (χ0n) is 17.1. The van der Waals surface area contributed by atoms with E-state index >= 15 is 0 Å². The summed E-state index contributed by atoms with van der Waals surface area (Å²) in [5.41, 5.74) is 11.8. The number of primary sulfonamides is 1. The number of hydrogen-bond donors (Lipinski definition) is 3. The zero-order chi connectivity index (χ0) is 21.4. The fourth-order valence-electron chi connectivity index (χ4n) is 2.15. The molecule has 1 heterocycles. The average molecular weight is 472 g/mol. The fraction of sp³-hybridized carbons (Fsp3) is 0.667. The first-order chi connectivity index (χ1) is 14.0. The molecule has 30 heavy (non-hydrogen) atoms. The van der Waals surface area contributed by atoms with Crippen molar-refractivity contribution in [2.75, 3.05) is 66.0 Å². The fourth-order valence-corrected chi connectivity index (χ4v) is 2.66. The van der Waals surface area contributed by atoms with E-state index in [0.717, 1.165) is 5.56 Å². The number of benzene rings is 1. The Labute approximate surface area is 184 Å². The Kier molecular flexibility index (Phi) is 17.3. The van der Waals surface area contributed by atoms with Crippen LogP contribution in [0.3, 0.4) is 0 Å². The highest BCUT2D eigenvalue weighted by Gasteiger charge is 2.07. The molecule has 0 bridgehead atoms. The standard InChI is InChI=1S/C11H23NO5.C7H10N2O2S.ClH/c12-9-11-10-16-6-5-14-2-1-13-3-4-15-7-8-17-11;8-5-6-1-3-7(4-2-6)12(9,10)11;/h11H,1-10,12H2;1-4H,5,8H2,(H2,9,10,11);1H. The van der Waals surface area contributed by atoms with Gasteiger partial charge in [0.1, 0.15) is 0 Å². The smallest absolute Gasteiger partial charge is 0.238 e. The SMILES string of the molecule is Cl.NCC1COCCOCCOCCOCCO1.NCc1ccc(S(N)(=O)=O)cc1. The Morgan fingerprint density at radius 1 is 0.800 bits per heavy atom. The molecular weight excluding hydrogens is 438 g/mol. The van der Waals surface area contributed by atoms with Crippen LogP contribution in [0.2, 0.25) is 0 Å². The van der Waals surface area contributed by atoms with Crippen LogP contribution in [-0.2, 0) is 40.3 Å². The molecule has 0 saturated carbocycles. The van der Waals surface area contributed by atoms with E-state index < -0.39 is 10.0 Å². The molecule has 176 valence electrons. The van der Waals surface area contributed by atoms with Crippen molar-refractivity contribution < 1.29 is 32.1 Å². The van der Waals surface area contributed by atoms with Gasteiger partial charge in [0.2, 0.25) is 10.0 Å². The molecule has 0 amide bonds. The van der Waals surface area contributed by atoms with Crippen molar-refractivity contribution in [1.82, 2.24) is 0 Å². The first-order valence-corrected chi connectivity index (χ1v) is 11.0. The highest BCUT2D eigenvalue weighted by atomic mass is 35.5. The maximum absolute atomic E-state index is 10.8. The van der Waals surface area contributed by atoms with Gasteiger partial charge in [0.25, 0.3) is 0 Å². The van der Waals surface area contributed by atoms with Gasteiger partial charge in [0, 0.05) is 13.1 Å². The summed E-state index contributed by atoms with van der Waals surface area (Å²) < 4.78 is 48.4. The van der Waals surface area contributed by atoms with E-state index in [1.54, 1.807) is 12.1 Å². The monoisotopic (exact) mass is 471 g/mol. The first kappa shape index (κ1) is 29.1. The van der Waals surface area contributed by atoms with Crippen molar-refractivity contribution in [3.8, 4) is 0 Å². The van der Waals surface area contributed by atoms with Gasteiger partial charge >= 0.3 is 0 Å². The van der Waals surface area contributed by atoms with Crippen LogP contribution in [0.5, 0.6) is 0 Å². The van der Waals surface area contributed by atoms with E-state index in [4.69, 9.17) is 40.3 Å². The Hall–Kier alpha value is -0.860. The number of halogens is 1. The lowest BCUT2D eigenvalue weighted by molar-refractivity contribution is -0.0415. The largest absolute Gasteiger partial charge is 0.377 e. The molecule has 2 rings (SSSR count). The van der Waals surface area contributed by atoms with Gasteiger partial charge in [-0.25, -0.2) is 13.6 Å². The van der Waals surface area contributed by atoms with Crippen LogP contribution in [0.1, 0.15) is 5.56 Å². The van der Waals surface area contributed by atoms with Gasteiger partial charge in [-0.05, 0) is 17.7 Å². The Morgan fingerprint density at radius 2 is 1.27 bits per heavy atom. The molecule has 1 aliphatic heterocycles. The Morgan fingerprint density at radius 3 is 1.70 bits per heavy atom. The highest BCUT2D eigenvalue weighted by Crippen LogP contribution is 2.07. The van der Waals surface area contributed by atoms with E-state index in [1.807, 2.05) is 0 Å². The highest BCUT2D eigenvalue weighted by molar-refractivity contribution is 7.89. The zero-order valence-corrected chi connectivity index (χ0v) is 18.7. The number of rotatable bonds is 3. The molecule has 6 N–H and O–H groups in total. The minimum absolute atomic E-state index is 0. The minimum atomic E-state index is -3.57. The third kappa shape index (κ3) is 14.2. The second-order valence-electron chi connectivity index (χ2n) is 6.03. The Bertz CT molecular complexity index is 619. The summed E-state index contributed by atoms with van der Waals surface area (Å²) in [6.07, 6.45) is -0.0695. The maximum atomic E-state index is 10.8. The van der Waals surface area contributed by atoms with Gasteiger partial charge in [0.15, 0.2) is 0 Å².